The van der Waals surface area contributed by atoms with E-state index in [0.717, 1.165) is 31.2 Å². The Bertz CT molecular complexity index is 1150. The quantitative estimate of drug-likeness (QED) is 0.685. The summed E-state index contributed by atoms with van der Waals surface area (Å²) in [5.74, 6) is 0. The van der Waals surface area contributed by atoms with Crippen LogP contribution in [0.3, 0.4) is 0 Å². The van der Waals surface area contributed by atoms with Crippen LogP contribution >= 0.6 is 0 Å². The first-order chi connectivity index (χ1) is 13.4. The molecule has 0 aliphatic heterocycles. The van der Waals surface area contributed by atoms with Gasteiger partial charge in [-0.2, -0.15) is 12.7 Å². The highest BCUT2D eigenvalue weighted by Gasteiger charge is 2.28. The van der Waals surface area contributed by atoms with Gasteiger partial charge < -0.3 is 0 Å². The molecule has 1 fully saturated rings. The maximum atomic E-state index is 12.7. The number of fused-ring (bicyclic) bond motifs is 1. The van der Waals surface area contributed by atoms with Crippen LogP contribution in [0.15, 0.2) is 53.5 Å². The van der Waals surface area contributed by atoms with E-state index >= 15 is 0 Å². The molecule has 1 aromatic carbocycles. The molecule has 0 atom stereocenters. The van der Waals surface area contributed by atoms with Crippen molar-refractivity contribution in [2.45, 2.75) is 38.3 Å². The van der Waals surface area contributed by atoms with Crippen LogP contribution in [0.1, 0.15) is 31.2 Å². The molecule has 3 aromatic rings. The fourth-order valence-electron chi connectivity index (χ4n) is 3.66. The minimum absolute atomic E-state index is 0.0530. The molecule has 4 rings (SSSR count). The van der Waals surface area contributed by atoms with Crippen molar-refractivity contribution < 1.29 is 8.42 Å². The third kappa shape index (κ3) is 3.67. The number of rotatable bonds is 6. The summed E-state index contributed by atoms with van der Waals surface area (Å²) in [6.07, 6.45) is 5.59. The third-order valence-electron chi connectivity index (χ3n) is 5.21. The average Bonchev–Trinajstić information content (AvgIpc) is 3.30. The number of hydrogen-bond donors (Lipinski definition) is 1. The zero-order chi connectivity index (χ0) is 19.7. The summed E-state index contributed by atoms with van der Waals surface area (Å²) in [5, 5.41) is 4.31. The molecule has 0 spiro atoms. The van der Waals surface area contributed by atoms with Gasteiger partial charge in [-0.3, -0.25) is 9.12 Å². The van der Waals surface area contributed by atoms with E-state index in [0.29, 0.717) is 11.3 Å². The number of nitrogens with one attached hydrogen (secondary N) is 1. The van der Waals surface area contributed by atoms with Gasteiger partial charge in [0, 0.05) is 19.3 Å². The maximum absolute atomic E-state index is 12.7. The highest BCUT2D eigenvalue weighted by molar-refractivity contribution is 7.90. The molecule has 1 N–H and O–H groups in total. The predicted molar refractivity (Wildman–Crippen MR) is 108 cm³/mol. The SMILES string of the molecule is CN(C1CCCC1)S(=O)(=O)Nc1cccc(Cn2nc3ccccn3c2=O)c1. The third-order valence-corrected chi connectivity index (χ3v) is 6.76. The predicted octanol–water partition coefficient (Wildman–Crippen LogP) is 2.08. The van der Waals surface area contributed by atoms with Crippen LogP contribution in [0.2, 0.25) is 0 Å². The molecule has 9 heteroatoms. The fraction of sp³-hybridized carbons (Fsp3) is 0.368. The lowest BCUT2D eigenvalue weighted by Crippen LogP contribution is -2.39. The van der Waals surface area contributed by atoms with Crippen LogP contribution in [-0.4, -0.2) is 40.0 Å². The number of aromatic nitrogens is 3. The lowest BCUT2D eigenvalue weighted by molar-refractivity contribution is 0.376. The van der Waals surface area contributed by atoms with Crippen molar-refractivity contribution in [1.29, 1.82) is 0 Å². The van der Waals surface area contributed by atoms with E-state index in [-0.39, 0.29) is 18.3 Å². The molecule has 0 radical (unpaired) electrons. The minimum Gasteiger partial charge on any atom is -0.271 e. The molecule has 1 aliphatic carbocycles. The highest BCUT2D eigenvalue weighted by Crippen LogP contribution is 2.25. The number of hydrogen-bond acceptors (Lipinski definition) is 4. The van der Waals surface area contributed by atoms with Gasteiger partial charge in [-0.05, 0) is 42.7 Å². The molecule has 1 saturated carbocycles. The van der Waals surface area contributed by atoms with Gasteiger partial charge >= 0.3 is 15.9 Å². The highest BCUT2D eigenvalue weighted by atomic mass is 32.2. The molecular weight excluding hydrogens is 378 g/mol. The summed E-state index contributed by atoms with van der Waals surface area (Å²) in [4.78, 5) is 12.4. The molecule has 1 aliphatic rings. The lowest BCUT2D eigenvalue weighted by atomic mass is 10.2. The second-order valence-electron chi connectivity index (χ2n) is 7.13. The summed E-state index contributed by atoms with van der Waals surface area (Å²) in [6.45, 7) is 0.258. The smallest absolute Gasteiger partial charge is 0.271 e. The second-order valence-corrected chi connectivity index (χ2v) is 8.86. The van der Waals surface area contributed by atoms with E-state index < -0.39 is 10.2 Å². The van der Waals surface area contributed by atoms with Crippen molar-refractivity contribution in [3.8, 4) is 0 Å². The van der Waals surface area contributed by atoms with Crippen LogP contribution in [0.4, 0.5) is 5.69 Å². The Morgan fingerprint density at radius 1 is 1.18 bits per heavy atom. The Labute approximate surface area is 163 Å². The standard InChI is InChI=1S/C19H23N5O3S/c1-22(17-9-2-3-10-17)28(26,27)21-16-8-6-7-15(13-16)14-24-19(25)23-12-5-4-11-18(23)20-24/h4-8,11-13,17,21H,2-3,9-10,14H2,1H3. The first-order valence-corrected chi connectivity index (χ1v) is 10.8. The molecule has 2 heterocycles. The normalized spacial score (nSPS) is 15.5. The summed E-state index contributed by atoms with van der Waals surface area (Å²) >= 11 is 0. The topological polar surface area (TPSA) is 88.7 Å². The Balaban J connectivity index is 1.54. The van der Waals surface area contributed by atoms with Crippen LogP contribution in [0, 0.1) is 0 Å². The molecule has 28 heavy (non-hydrogen) atoms. The van der Waals surface area contributed by atoms with Crippen LogP contribution in [-0.2, 0) is 16.8 Å². The van der Waals surface area contributed by atoms with Crippen LogP contribution in [0.25, 0.3) is 5.65 Å². The number of nitrogens with zero attached hydrogens (tertiary/aromatic N) is 4. The maximum Gasteiger partial charge on any atom is 0.350 e. The summed E-state index contributed by atoms with van der Waals surface area (Å²) in [6, 6.07) is 12.5. The molecule has 8 nitrogen and oxygen atoms in total. The number of benzene rings is 1. The van der Waals surface area contributed by atoms with Gasteiger partial charge in [-0.1, -0.05) is 31.0 Å². The van der Waals surface area contributed by atoms with Gasteiger partial charge in [-0.25, -0.2) is 9.48 Å². The van der Waals surface area contributed by atoms with E-state index in [1.54, 1.807) is 43.6 Å². The van der Waals surface area contributed by atoms with Crippen molar-refractivity contribution in [3.05, 3.63) is 64.7 Å². The van der Waals surface area contributed by atoms with Crippen molar-refractivity contribution in [3.63, 3.8) is 0 Å². The number of anilines is 1. The van der Waals surface area contributed by atoms with E-state index in [9.17, 15) is 13.2 Å². The fourth-order valence-corrected chi connectivity index (χ4v) is 4.83. The Morgan fingerprint density at radius 3 is 2.71 bits per heavy atom. The van der Waals surface area contributed by atoms with E-state index in [2.05, 4.69) is 9.82 Å². The summed E-state index contributed by atoms with van der Waals surface area (Å²) in [5.41, 5.74) is 1.60. The van der Waals surface area contributed by atoms with Gasteiger partial charge in [0.2, 0.25) is 0 Å². The van der Waals surface area contributed by atoms with Crippen molar-refractivity contribution in [2.24, 2.45) is 0 Å². The van der Waals surface area contributed by atoms with Crippen LogP contribution in [0.5, 0.6) is 0 Å². The van der Waals surface area contributed by atoms with Gasteiger partial charge in [0.15, 0.2) is 5.65 Å². The Kier molecular flexibility index (Phi) is 4.94. The average molecular weight is 401 g/mol. The zero-order valence-corrected chi connectivity index (χ0v) is 16.5. The Hall–Kier alpha value is -2.65. The van der Waals surface area contributed by atoms with E-state index in [1.807, 2.05) is 12.1 Å². The zero-order valence-electron chi connectivity index (χ0n) is 15.7. The summed E-state index contributed by atoms with van der Waals surface area (Å²) < 4.78 is 32.3. The molecule has 2 aromatic heterocycles. The largest absolute Gasteiger partial charge is 0.350 e. The van der Waals surface area contributed by atoms with E-state index in [1.165, 1.54) is 13.4 Å². The monoisotopic (exact) mass is 401 g/mol. The van der Waals surface area contributed by atoms with Gasteiger partial charge in [0.25, 0.3) is 0 Å². The van der Waals surface area contributed by atoms with Crippen LogP contribution < -0.4 is 10.4 Å². The Morgan fingerprint density at radius 2 is 1.96 bits per heavy atom. The van der Waals surface area contributed by atoms with Gasteiger partial charge in [-0.15, -0.1) is 5.10 Å². The molecule has 0 unspecified atom stereocenters. The molecular formula is C19H23N5O3S. The minimum atomic E-state index is -3.62. The molecule has 0 amide bonds. The van der Waals surface area contributed by atoms with Crippen molar-refractivity contribution >= 4 is 21.5 Å². The van der Waals surface area contributed by atoms with Gasteiger partial charge in [0.05, 0.1) is 12.2 Å². The molecule has 148 valence electrons. The first kappa shape index (κ1) is 18.7. The first-order valence-electron chi connectivity index (χ1n) is 9.33. The second kappa shape index (κ2) is 7.40. The van der Waals surface area contributed by atoms with Gasteiger partial charge in [0.1, 0.15) is 0 Å². The lowest BCUT2D eigenvalue weighted by Gasteiger charge is -2.24. The van der Waals surface area contributed by atoms with Crippen molar-refractivity contribution in [2.75, 3.05) is 11.8 Å². The molecule has 0 saturated heterocycles. The van der Waals surface area contributed by atoms with Crippen molar-refractivity contribution in [1.82, 2.24) is 18.5 Å². The summed E-state index contributed by atoms with van der Waals surface area (Å²) in [7, 11) is -2.00. The molecule has 0 bridgehead atoms. The van der Waals surface area contributed by atoms with E-state index in [4.69, 9.17) is 0 Å². The number of pyridine rings is 1.